The molecular formula is C17H19FN4O. The van der Waals surface area contributed by atoms with E-state index in [1.54, 1.807) is 36.9 Å². The van der Waals surface area contributed by atoms with Crippen molar-refractivity contribution in [2.24, 2.45) is 0 Å². The molecular weight excluding hydrogens is 295 g/mol. The van der Waals surface area contributed by atoms with Gasteiger partial charge in [0.25, 0.3) is 0 Å². The minimum Gasteiger partial charge on any atom is -0.347 e. The maximum absolute atomic E-state index is 13.5. The van der Waals surface area contributed by atoms with Gasteiger partial charge < -0.3 is 10.2 Å². The number of hydrogen-bond acceptors (Lipinski definition) is 4. The highest BCUT2D eigenvalue weighted by Gasteiger charge is 2.11. The van der Waals surface area contributed by atoms with Crippen LogP contribution in [0.4, 0.5) is 16.0 Å². The molecule has 0 aliphatic rings. The molecule has 1 heterocycles. The number of aromatic nitrogens is 2. The third-order valence-electron chi connectivity index (χ3n) is 3.23. The largest absolute Gasteiger partial charge is 0.347 e. The number of carbonyl (C=O) groups excluding carboxylic acids is 1. The Balaban J connectivity index is 2.16. The number of rotatable bonds is 4. The molecule has 6 heteroatoms. The first-order valence-corrected chi connectivity index (χ1v) is 7.14. The molecule has 0 radical (unpaired) electrons. The van der Waals surface area contributed by atoms with Gasteiger partial charge in [-0.25, -0.2) is 14.4 Å². The van der Waals surface area contributed by atoms with E-state index in [2.05, 4.69) is 15.3 Å². The van der Waals surface area contributed by atoms with Crippen LogP contribution in [0.3, 0.4) is 0 Å². The zero-order chi connectivity index (χ0) is 17.0. The quantitative estimate of drug-likeness (QED) is 0.882. The minimum absolute atomic E-state index is 0.357. The van der Waals surface area contributed by atoms with E-state index in [0.717, 1.165) is 0 Å². The summed E-state index contributed by atoms with van der Waals surface area (Å²) in [5, 5.41) is 2.74. The summed E-state index contributed by atoms with van der Waals surface area (Å²) in [5.74, 6) is -0.150. The van der Waals surface area contributed by atoms with E-state index >= 15 is 0 Å². The fraction of sp³-hybridized carbons (Fsp3) is 0.235. The van der Waals surface area contributed by atoms with Crippen molar-refractivity contribution in [2.45, 2.75) is 13.8 Å². The number of halogens is 1. The molecule has 2 rings (SSSR count). The van der Waals surface area contributed by atoms with Crippen molar-refractivity contribution in [2.75, 3.05) is 24.3 Å². The Hall–Kier alpha value is -2.76. The molecule has 5 nitrogen and oxygen atoms in total. The Kier molecular flexibility index (Phi) is 5.05. The molecule has 1 aromatic heterocycles. The summed E-state index contributed by atoms with van der Waals surface area (Å²) >= 11 is 0. The van der Waals surface area contributed by atoms with Gasteiger partial charge in [-0.05, 0) is 26.0 Å². The summed E-state index contributed by atoms with van der Waals surface area (Å²) in [4.78, 5) is 22.5. The fourth-order valence-corrected chi connectivity index (χ4v) is 2.02. The predicted octanol–water partition coefficient (Wildman–Crippen LogP) is 2.95. The molecule has 0 unspecified atom stereocenters. The second-order valence-electron chi connectivity index (χ2n) is 5.31. The molecule has 0 spiro atoms. The van der Waals surface area contributed by atoms with Crippen LogP contribution in [0, 0.1) is 19.7 Å². The molecule has 1 aromatic carbocycles. The summed E-state index contributed by atoms with van der Waals surface area (Å²) in [6, 6.07) is 6.26. The molecule has 0 saturated carbocycles. The van der Waals surface area contributed by atoms with Gasteiger partial charge in [-0.3, -0.25) is 4.79 Å². The van der Waals surface area contributed by atoms with Gasteiger partial charge in [-0.1, -0.05) is 18.2 Å². The normalized spacial score (nSPS) is 10.8. The summed E-state index contributed by atoms with van der Waals surface area (Å²) in [6.07, 6.45) is 2.72. The Labute approximate surface area is 134 Å². The Morgan fingerprint density at radius 3 is 2.35 bits per heavy atom. The Bertz CT molecular complexity index is 733. The van der Waals surface area contributed by atoms with Crippen LogP contribution in [0.2, 0.25) is 0 Å². The van der Waals surface area contributed by atoms with E-state index in [1.165, 1.54) is 18.2 Å². The van der Waals surface area contributed by atoms with Crippen LogP contribution in [0.15, 0.2) is 30.3 Å². The van der Waals surface area contributed by atoms with Gasteiger partial charge in [-0.2, -0.15) is 0 Å². The molecule has 0 aliphatic heterocycles. The second-order valence-corrected chi connectivity index (χ2v) is 5.31. The molecule has 1 N–H and O–H groups in total. The molecule has 0 aliphatic carbocycles. The molecule has 1 amide bonds. The maximum Gasteiger partial charge on any atom is 0.248 e. The standard InChI is InChI=1S/C17H19FN4O/c1-11-16(12(2)20-17(19-11)22(3)4)21-15(23)10-9-13-7-5-6-8-14(13)18/h5-10H,1-4H3,(H,21,23)/b10-9+. The van der Waals surface area contributed by atoms with Gasteiger partial charge in [0.2, 0.25) is 11.9 Å². The van der Waals surface area contributed by atoms with E-state index < -0.39 is 0 Å². The van der Waals surface area contributed by atoms with Crippen LogP contribution in [0.1, 0.15) is 17.0 Å². The van der Waals surface area contributed by atoms with Crippen molar-refractivity contribution in [1.82, 2.24) is 9.97 Å². The van der Waals surface area contributed by atoms with Crippen molar-refractivity contribution in [3.05, 3.63) is 53.1 Å². The number of carbonyl (C=O) groups is 1. The highest BCUT2D eigenvalue weighted by atomic mass is 19.1. The number of benzene rings is 1. The first-order valence-electron chi connectivity index (χ1n) is 7.14. The van der Waals surface area contributed by atoms with Gasteiger partial charge in [0.15, 0.2) is 0 Å². The number of aryl methyl sites for hydroxylation is 2. The molecule has 0 saturated heterocycles. The number of anilines is 2. The van der Waals surface area contributed by atoms with E-state index in [9.17, 15) is 9.18 Å². The predicted molar refractivity (Wildman–Crippen MR) is 89.9 cm³/mol. The smallest absolute Gasteiger partial charge is 0.248 e. The van der Waals surface area contributed by atoms with E-state index in [1.807, 2.05) is 14.1 Å². The molecule has 120 valence electrons. The van der Waals surface area contributed by atoms with E-state index in [4.69, 9.17) is 0 Å². The van der Waals surface area contributed by atoms with Gasteiger partial charge >= 0.3 is 0 Å². The lowest BCUT2D eigenvalue weighted by Crippen LogP contribution is -2.17. The lowest BCUT2D eigenvalue weighted by Gasteiger charge is -2.15. The average molecular weight is 314 g/mol. The average Bonchev–Trinajstić information content (AvgIpc) is 2.49. The number of nitrogens with one attached hydrogen (secondary N) is 1. The van der Waals surface area contributed by atoms with Crippen LogP contribution < -0.4 is 10.2 Å². The number of amides is 1. The highest BCUT2D eigenvalue weighted by Crippen LogP contribution is 2.19. The van der Waals surface area contributed by atoms with Crippen LogP contribution in [-0.4, -0.2) is 30.0 Å². The van der Waals surface area contributed by atoms with Crippen molar-refractivity contribution < 1.29 is 9.18 Å². The fourth-order valence-electron chi connectivity index (χ4n) is 2.02. The Morgan fingerprint density at radius 1 is 1.17 bits per heavy atom. The van der Waals surface area contributed by atoms with Crippen molar-refractivity contribution in [3.8, 4) is 0 Å². The van der Waals surface area contributed by atoms with Gasteiger partial charge in [0, 0.05) is 25.7 Å². The van der Waals surface area contributed by atoms with Gasteiger partial charge in [0.05, 0.1) is 17.1 Å². The van der Waals surface area contributed by atoms with Gasteiger partial charge in [0.1, 0.15) is 5.82 Å². The monoisotopic (exact) mass is 314 g/mol. The van der Waals surface area contributed by atoms with Crippen LogP contribution in [0.25, 0.3) is 6.08 Å². The van der Waals surface area contributed by atoms with E-state index in [0.29, 0.717) is 28.6 Å². The molecule has 0 bridgehead atoms. The van der Waals surface area contributed by atoms with Crippen LogP contribution >= 0.6 is 0 Å². The van der Waals surface area contributed by atoms with Crippen molar-refractivity contribution in [3.63, 3.8) is 0 Å². The van der Waals surface area contributed by atoms with Crippen LogP contribution in [0.5, 0.6) is 0 Å². The molecule has 0 fully saturated rings. The lowest BCUT2D eigenvalue weighted by atomic mass is 10.2. The SMILES string of the molecule is Cc1nc(N(C)C)nc(C)c1NC(=O)/C=C/c1ccccc1F. The van der Waals surface area contributed by atoms with E-state index in [-0.39, 0.29) is 11.7 Å². The second kappa shape index (κ2) is 7.00. The minimum atomic E-state index is -0.373. The third kappa shape index (κ3) is 4.12. The number of nitrogens with zero attached hydrogens (tertiary/aromatic N) is 3. The zero-order valence-electron chi connectivity index (χ0n) is 13.6. The maximum atomic E-state index is 13.5. The summed E-state index contributed by atoms with van der Waals surface area (Å²) in [7, 11) is 3.70. The number of hydrogen-bond donors (Lipinski definition) is 1. The summed E-state index contributed by atoms with van der Waals surface area (Å²) < 4.78 is 13.5. The molecule has 23 heavy (non-hydrogen) atoms. The first-order chi connectivity index (χ1) is 10.9. The van der Waals surface area contributed by atoms with Crippen molar-refractivity contribution >= 4 is 23.6 Å². The highest BCUT2D eigenvalue weighted by molar-refractivity contribution is 6.02. The van der Waals surface area contributed by atoms with Crippen LogP contribution in [-0.2, 0) is 4.79 Å². The lowest BCUT2D eigenvalue weighted by molar-refractivity contribution is -0.111. The molecule has 0 atom stereocenters. The zero-order valence-corrected chi connectivity index (χ0v) is 13.6. The Morgan fingerprint density at radius 2 is 1.78 bits per heavy atom. The summed E-state index contributed by atoms with van der Waals surface area (Å²) in [6.45, 7) is 3.61. The van der Waals surface area contributed by atoms with Gasteiger partial charge in [-0.15, -0.1) is 0 Å². The summed E-state index contributed by atoms with van der Waals surface area (Å²) in [5.41, 5.74) is 2.27. The third-order valence-corrected chi connectivity index (χ3v) is 3.23. The topological polar surface area (TPSA) is 58.1 Å². The van der Waals surface area contributed by atoms with Crippen molar-refractivity contribution in [1.29, 1.82) is 0 Å². The first kappa shape index (κ1) is 16.6. The molecule has 2 aromatic rings.